The van der Waals surface area contributed by atoms with Crippen LogP contribution in [0.3, 0.4) is 0 Å². The molecule has 4 aromatic rings. The lowest BCUT2D eigenvalue weighted by Crippen LogP contribution is -2.23. The molecule has 2 aromatic carbocycles. The summed E-state index contributed by atoms with van der Waals surface area (Å²) < 4.78 is 34.4. The lowest BCUT2D eigenvalue weighted by Gasteiger charge is -2.20. The number of aryl methyl sites for hydroxylation is 1. The molecule has 0 saturated carbocycles. The maximum atomic E-state index is 15.0. The predicted octanol–water partition coefficient (Wildman–Crippen LogP) is 4.27. The van der Waals surface area contributed by atoms with E-state index in [1.54, 1.807) is 0 Å². The van der Waals surface area contributed by atoms with Gasteiger partial charge in [0.15, 0.2) is 0 Å². The van der Waals surface area contributed by atoms with Crippen molar-refractivity contribution >= 4 is 16.8 Å². The van der Waals surface area contributed by atoms with E-state index in [-0.39, 0.29) is 35.1 Å². The number of H-pyrrole nitrogens is 1. The molecule has 33 heavy (non-hydrogen) atoms. The van der Waals surface area contributed by atoms with E-state index in [1.165, 1.54) is 19.9 Å². The second-order valence-electron chi connectivity index (χ2n) is 7.84. The third-order valence-corrected chi connectivity index (χ3v) is 5.53. The number of carbonyl (C=O) groups excluding carboxylic acids is 1. The Morgan fingerprint density at radius 2 is 1.94 bits per heavy atom. The number of aromatic hydroxyl groups is 1. The minimum Gasteiger partial charge on any atom is -0.507 e. The molecule has 1 unspecified atom stereocenters. The van der Waals surface area contributed by atoms with Crippen LogP contribution >= 0.6 is 0 Å². The lowest BCUT2D eigenvalue weighted by atomic mass is 9.85. The highest BCUT2D eigenvalue weighted by molar-refractivity contribution is 5.85. The van der Waals surface area contributed by atoms with Crippen LogP contribution in [0.4, 0.5) is 8.78 Å². The monoisotopic (exact) mass is 452 g/mol. The number of aromatic nitrogens is 1. The highest BCUT2D eigenvalue weighted by Gasteiger charge is 2.31. The first-order valence-electron chi connectivity index (χ1n) is 10.4. The number of amides is 1. The van der Waals surface area contributed by atoms with E-state index in [0.717, 1.165) is 23.6 Å². The Bertz CT molecular complexity index is 1410. The van der Waals surface area contributed by atoms with Gasteiger partial charge in [-0.05, 0) is 43.2 Å². The molecule has 4 rings (SSSR count). The molecule has 0 spiro atoms. The third kappa shape index (κ3) is 4.37. The SMILES string of the molecule is CC(=O)NCCc1c(C(c2cc(F)ccc2F)c2c(O)cc(C)oc2=O)[nH]c2ccccc12. The number of halogens is 2. The Balaban J connectivity index is 2.02. The molecule has 170 valence electrons. The molecule has 2 heterocycles. The van der Waals surface area contributed by atoms with Crippen molar-refractivity contribution in [1.82, 2.24) is 10.3 Å². The fourth-order valence-electron chi connectivity index (χ4n) is 4.16. The number of carbonyl (C=O) groups is 1. The van der Waals surface area contributed by atoms with E-state index < -0.39 is 23.2 Å². The fraction of sp³-hybridized carbons (Fsp3) is 0.200. The number of rotatable bonds is 6. The quantitative estimate of drug-likeness (QED) is 0.407. The van der Waals surface area contributed by atoms with Gasteiger partial charge in [-0.15, -0.1) is 0 Å². The topological polar surface area (TPSA) is 95.3 Å². The Hall–Kier alpha value is -3.94. The van der Waals surface area contributed by atoms with Crippen molar-refractivity contribution in [3.05, 3.63) is 98.7 Å². The smallest absolute Gasteiger partial charge is 0.343 e. The summed E-state index contributed by atoms with van der Waals surface area (Å²) in [5, 5.41) is 14.2. The molecule has 3 N–H and O–H groups in total. The van der Waals surface area contributed by atoms with Gasteiger partial charge < -0.3 is 19.8 Å². The van der Waals surface area contributed by atoms with Crippen LogP contribution < -0.4 is 10.9 Å². The van der Waals surface area contributed by atoms with Gasteiger partial charge in [0.25, 0.3) is 0 Å². The fourth-order valence-corrected chi connectivity index (χ4v) is 4.16. The van der Waals surface area contributed by atoms with Gasteiger partial charge >= 0.3 is 5.63 Å². The van der Waals surface area contributed by atoms with E-state index in [0.29, 0.717) is 23.2 Å². The predicted molar refractivity (Wildman–Crippen MR) is 119 cm³/mol. The van der Waals surface area contributed by atoms with E-state index in [9.17, 15) is 19.1 Å². The molecule has 1 atom stereocenters. The highest BCUT2D eigenvalue weighted by Crippen LogP contribution is 2.40. The average molecular weight is 452 g/mol. The van der Waals surface area contributed by atoms with Gasteiger partial charge in [0, 0.05) is 41.7 Å². The summed E-state index contributed by atoms with van der Waals surface area (Å²) >= 11 is 0. The Morgan fingerprint density at radius 3 is 2.67 bits per heavy atom. The van der Waals surface area contributed by atoms with Crippen LogP contribution in [0.2, 0.25) is 0 Å². The maximum absolute atomic E-state index is 15.0. The standard InChI is InChI=1S/C25H22F2N2O4/c1-13-11-21(31)23(25(32)33-13)22(18-12-15(26)7-8-19(18)27)24-17(9-10-28-14(2)30)16-5-3-4-6-20(16)29-24/h3-8,11-12,22,29,31H,9-10H2,1-2H3,(H,28,30). The summed E-state index contributed by atoms with van der Waals surface area (Å²) in [4.78, 5) is 27.5. The molecular formula is C25H22F2N2O4. The van der Waals surface area contributed by atoms with Gasteiger partial charge in [0.05, 0.1) is 11.5 Å². The van der Waals surface area contributed by atoms with Crippen LogP contribution in [0, 0.1) is 18.6 Å². The van der Waals surface area contributed by atoms with Crippen LogP contribution in [0.25, 0.3) is 10.9 Å². The van der Waals surface area contributed by atoms with Crippen LogP contribution in [0.15, 0.2) is 57.7 Å². The van der Waals surface area contributed by atoms with Crippen molar-refractivity contribution in [3.63, 3.8) is 0 Å². The van der Waals surface area contributed by atoms with Crippen LogP contribution in [-0.2, 0) is 11.2 Å². The molecule has 0 bridgehead atoms. The minimum absolute atomic E-state index is 0.131. The molecule has 1 amide bonds. The van der Waals surface area contributed by atoms with Crippen molar-refractivity contribution in [2.45, 2.75) is 26.2 Å². The molecular weight excluding hydrogens is 430 g/mol. The number of hydrogen-bond acceptors (Lipinski definition) is 4. The molecule has 0 saturated heterocycles. The summed E-state index contributed by atoms with van der Waals surface area (Å²) in [6, 6.07) is 11.5. The second kappa shape index (κ2) is 8.90. The molecule has 6 nitrogen and oxygen atoms in total. The van der Waals surface area contributed by atoms with Gasteiger partial charge in [-0.1, -0.05) is 18.2 Å². The normalized spacial score (nSPS) is 12.1. The van der Waals surface area contributed by atoms with Gasteiger partial charge in [-0.2, -0.15) is 0 Å². The number of fused-ring (bicyclic) bond motifs is 1. The first-order valence-corrected chi connectivity index (χ1v) is 10.4. The van der Waals surface area contributed by atoms with E-state index in [2.05, 4.69) is 10.3 Å². The Kier molecular flexibility index (Phi) is 6.00. The van der Waals surface area contributed by atoms with Crippen molar-refractivity contribution in [1.29, 1.82) is 0 Å². The summed E-state index contributed by atoms with van der Waals surface area (Å²) in [5.41, 5.74) is 0.617. The first-order chi connectivity index (χ1) is 15.8. The van der Waals surface area contributed by atoms with Gasteiger partial charge in [0.1, 0.15) is 23.1 Å². The van der Waals surface area contributed by atoms with Crippen molar-refractivity contribution in [2.24, 2.45) is 0 Å². The van der Waals surface area contributed by atoms with Crippen molar-refractivity contribution in [3.8, 4) is 5.75 Å². The average Bonchev–Trinajstić information content (AvgIpc) is 3.10. The van der Waals surface area contributed by atoms with Crippen LogP contribution in [0.5, 0.6) is 5.75 Å². The third-order valence-electron chi connectivity index (χ3n) is 5.53. The van der Waals surface area contributed by atoms with E-state index in [4.69, 9.17) is 4.42 Å². The van der Waals surface area contributed by atoms with Crippen LogP contribution in [-0.4, -0.2) is 22.5 Å². The minimum atomic E-state index is -1.18. The Morgan fingerprint density at radius 1 is 1.18 bits per heavy atom. The first kappa shape index (κ1) is 22.3. The zero-order valence-corrected chi connectivity index (χ0v) is 18.0. The molecule has 0 aliphatic heterocycles. The number of benzene rings is 2. The van der Waals surface area contributed by atoms with Gasteiger partial charge in [0.2, 0.25) is 5.91 Å². The highest BCUT2D eigenvalue weighted by atomic mass is 19.1. The van der Waals surface area contributed by atoms with Crippen LogP contribution in [0.1, 0.15) is 41.0 Å². The molecule has 0 aliphatic rings. The van der Waals surface area contributed by atoms with E-state index >= 15 is 4.39 Å². The molecule has 0 aliphatic carbocycles. The molecule has 0 fully saturated rings. The zero-order chi connectivity index (χ0) is 23.7. The summed E-state index contributed by atoms with van der Waals surface area (Å²) in [7, 11) is 0. The van der Waals surface area contributed by atoms with Crippen molar-refractivity contribution < 1.29 is 23.1 Å². The van der Waals surface area contributed by atoms with Gasteiger partial charge in [-0.25, -0.2) is 13.6 Å². The molecule has 2 aromatic heterocycles. The largest absolute Gasteiger partial charge is 0.507 e. The zero-order valence-electron chi connectivity index (χ0n) is 18.0. The Labute approximate surface area is 187 Å². The lowest BCUT2D eigenvalue weighted by molar-refractivity contribution is -0.118. The van der Waals surface area contributed by atoms with Crippen molar-refractivity contribution in [2.75, 3.05) is 6.54 Å². The number of para-hydroxylation sites is 1. The maximum Gasteiger partial charge on any atom is 0.343 e. The van der Waals surface area contributed by atoms with Gasteiger partial charge in [-0.3, -0.25) is 4.79 Å². The molecule has 8 heteroatoms. The number of aromatic amines is 1. The number of hydrogen-bond donors (Lipinski definition) is 3. The van der Waals surface area contributed by atoms with E-state index in [1.807, 2.05) is 24.3 Å². The number of nitrogens with one attached hydrogen (secondary N) is 2. The summed E-state index contributed by atoms with van der Waals surface area (Å²) in [5.74, 6) is -3.03. The summed E-state index contributed by atoms with van der Waals surface area (Å²) in [6.45, 7) is 3.19. The molecule has 0 radical (unpaired) electrons. The second-order valence-corrected chi connectivity index (χ2v) is 7.84. The summed E-state index contributed by atoms with van der Waals surface area (Å²) in [6.07, 6.45) is 0.352.